The zero-order valence-electron chi connectivity index (χ0n) is 14.5. The van der Waals surface area contributed by atoms with Crippen molar-refractivity contribution in [3.05, 3.63) is 65.0 Å². The maximum atomic E-state index is 13.6. The van der Waals surface area contributed by atoms with Gasteiger partial charge in [-0.05, 0) is 41.8 Å². The summed E-state index contributed by atoms with van der Waals surface area (Å²) in [7, 11) is 1.43. The third-order valence-corrected chi connectivity index (χ3v) is 4.45. The van der Waals surface area contributed by atoms with Crippen molar-refractivity contribution in [1.29, 1.82) is 0 Å². The van der Waals surface area contributed by atoms with Crippen LogP contribution in [0.1, 0.15) is 28.4 Å². The lowest BCUT2D eigenvalue weighted by molar-refractivity contribution is -0.0503. The minimum Gasteiger partial charge on any atom is -0.494 e. The van der Waals surface area contributed by atoms with Gasteiger partial charge in [-0.25, -0.2) is 4.39 Å². The first-order valence-corrected chi connectivity index (χ1v) is 8.43. The van der Waals surface area contributed by atoms with Gasteiger partial charge in [-0.1, -0.05) is 25.1 Å². The van der Waals surface area contributed by atoms with Gasteiger partial charge in [0, 0.05) is 18.7 Å². The van der Waals surface area contributed by atoms with Gasteiger partial charge in [-0.2, -0.15) is 0 Å². The van der Waals surface area contributed by atoms with E-state index in [0.29, 0.717) is 25.3 Å². The molecule has 1 fully saturated rings. The summed E-state index contributed by atoms with van der Waals surface area (Å²) < 4.78 is 24.3. The number of rotatable bonds is 6. The van der Waals surface area contributed by atoms with Crippen molar-refractivity contribution in [2.24, 2.45) is 0 Å². The number of aryl methyl sites for hydroxylation is 1. The maximum Gasteiger partial charge on any atom is 0.254 e. The van der Waals surface area contributed by atoms with E-state index < -0.39 is 5.82 Å². The van der Waals surface area contributed by atoms with Gasteiger partial charge >= 0.3 is 0 Å². The molecule has 2 aromatic carbocycles. The molecule has 4 nitrogen and oxygen atoms in total. The summed E-state index contributed by atoms with van der Waals surface area (Å²) in [4.78, 5) is 14.1. The van der Waals surface area contributed by atoms with E-state index in [4.69, 9.17) is 9.47 Å². The number of nitrogens with zero attached hydrogens (tertiary/aromatic N) is 1. The SMILES string of the molecule is CCc1ccc(C(=O)N2CC(OCc3ccc(OC)c(F)c3)C2)cc1. The van der Waals surface area contributed by atoms with Crippen molar-refractivity contribution in [3.8, 4) is 5.75 Å². The molecule has 132 valence electrons. The highest BCUT2D eigenvalue weighted by molar-refractivity contribution is 5.94. The molecule has 1 aliphatic heterocycles. The van der Waals surface area contributed by atoms with E-state index >= 15 is 0 Å². The minimum absolute atomic E-state index is 0.0102. The Kier molecular flexibility index (Phi) is 5.34. The molecule has 0 saturated carbocycles. The van der Waals surface area contributed by atoms with Crippen LogP contribution in [0, 0.1) is 5.82 Å². The number of hydrogen-bond donors (Lipinski definition) is 0. The quantitative estimate of drug-likeness (QED) is 0.806. The van der Waals surface area contributed by atoms with Crippen molar-refractivity contribution in [1.82, 2.24) is 4.90 Å². The smallest absolute Gasteiger partial charge is 0.254 e. The van der Waals surface area contributed by atoms with Crippen molar-refractivity contribution >= 4 is 5.91 Å². The fourth-order valence-corrected chi connectivity index (χ4v) is 2.79. The summed E-state index contributed by atoms with van der Waals surface area (Å²) in [5.41, 5.74) is 2.67. The van der Waals surface area contributed by atoms with Gasteiger partial charge in [0.15, 0.2) is 11.6 Å². The molecule has 25 heavy (non-hydrogen) atoms. The van der Waals surface area contributed by atoms with Crippen molar-refractivity contribution < 1.29 is 18.7 Å². The van der Waals surface area contributed by atoms with E-state index in [9.17, 15) is 9.18 Å². The van der Waals surface area contributed by atoms with Crippen LogP contribution in [0.4, 0.5) is 4.39 Å². The van der Waals surface area contributed by atoms with Gasteiger partial charge in [0.05, 0.1) is 19.8 Å². The number of ether oxygens (including phenoxy) is 2. The summed E-state index contributed by atoms with van der Waals surface area (Å²) in [6.45, 7) is 3.53. The second kappa shape index (κ2) is 7.66. The number of carbonyl (C=O) groups is 1. The van der Waals surface area contributed by atoms with Crippen LogP contribution in [0.2, 0.25) is 0 Å². The molecule has 0 unspecified atom stereocenters. The molecule has 0 N–H and O–H groups in total. The lowest BCUT2D eigenvalue weighted by Gasteiger charge is -2.39. The first kappa shape index (κ1) is 17.4. The Morgan fingerprint density at radius 3 is 2.44 bits per heavy atom. The lowest BCUT2D eigenvalue weighted by atomic mass is 10.1. The van der Waals surface area contributed by atoms with E-state index in [2.05, 4.69) is 6.92 Å². The van der Waals surface area contributed by atoms with Crippen LogP contribution in [0.25, 0.3) is 0 Å². The minimum atomic E-state index is -0.399. The molecule has 0 aliphatic carbocycles. The zero-order valence-corrected chi connectivity index (χ0v) is 14.5. The normalized spacial score (nSPS) is 14.3. The lowest BCUT2D eigenvalue weighted by Crippen LogP contribution is -2.54. The standard InChI is InChI=1S/C20H22FNO3/c1-3-14-4-7-16(8-5-14)20(23)22-11-17(12-22)25-13-15-6-9-19(24-2)18(21)10-15/h4-10,17H,3,11-13H2,1-2H3. The first-order chi connectivity index (χ1) is 12.1. The van der Waals surface area contributed by atoms with Crippen molar-refractivity contribution in [2.45, 2.75) is 26.1 Å². The van der Waals surface area contributed by atoms with E-state index in [1.807, 2.05) is 24.3 Å². The second-order valence-corrected chi connectivity index (χ2v) is 6.16. The number of hydrogen-bond acceptors (Lipinski definition) is 3. The largest absolute Gasteiger partial charge is 0.494 e. The third kappa shape index (κ3) is 3.99. The molecule has 1 aliphatic rings. The molecule has 0 atom stereocenters. The predicted molar refractivity (Wildman–Crippen MR) is 93.3 cm³/mol. The summed E-state index contributed by atoms with van der Waals surface area (Å²) in [5, 5.41) is 0. The summed E-state index contributed by atoms with van der Waals surface area (Å²) in [6, 6.07) is 12.5. The first-order valence-electron chi connectivity index (χ1n) is 8.43. The van der Waals surface area contributed by atoms with Crippen molar-refractivity contribution in [3.63, 3.8) is 0 Å². The summed E-state index contributed by atoms with van der Waals surface area (Å²) in [5.74, 6) is -0.152. The van der Waals surface area contributed by atoms with Crippen LogP contribution in [0.3, 0.4) is 0 Å². The molecular weight excluding hydrogens is 321 g/mol. The summed E-state index contributed by atoms with van der Waals surface area (Å²) >= 11 is 0. The number of likely N-dealkylation sites (tertiary alicyclic amines) is 1. The highest BCUT2D eigenvalue weighted by Crippen LogP contribution is 2.21. The van der Waals surface area contributed by atoms with Crippen LogP contribution in [0.15, 0.2) is 42.5 Å². The van der Waals surface area contributed by atoms with Gasteiger partial charge in [-0.15, -0.1) is 0 Å². The van der Waals surface area contributed by atoms with Crippen LogP contribution in [-0.2, 0) is 17.8 Å². The molecule has 1 saturated heterocycles. The molecule has 0 spiro atoms. The number of methoxy groups -OCH3 is 1. The average molecular weight is 343 g/mol. The van der Waals surface area contributed by atoms with Gasteiger partial charge in [-0.3, -0.25) is 4.79 Å². The molecule has 0 aromatic heterocycles. The van der Waals surface area contributed by atoms with Gasteiger partial charge < -0.3 is 14.4 Å². The molecule has 0 bridgehead atoms. The Bertz CT molecular complexity index is 739. The fourth-order valence-electron chi connectivity index (χ4n) is 2.79. The van der Waals surface area contributed by atoms with E-state index in [0.717, 1.165) is 12.0 Å². The highest BCUT2D eigenvalue weighted by atomic mass is 19.1. The van der Waals surface area contributed by atoms with Crippen LogP contribution in [-0.4, -0.2) is 37.1 Å². The molecule has 2 aromatic rings. The number of amides is 1. The van der Waals surface area contributed by atoms with E-state index in [1.54, 1.807) is 17.0 Å². The predicted octanol–water partition coefficient (Wildman–Crippen LogP) is 3.44. The van der Waals surface area contributed by atoms with E-state index in [-0.39, 0.29) is 17.8 Å². The number of benzene rings is 2. The molecular formula is C20H22FNO3. The Labute approximate surface area is 147 Å². The van der Waals surface area contributed by atoms with Crippen molar-refractivity contribution in [2.75, 3.05) is 20.2 Å². The van der Waals surface area contributed by atoms with Gasteiger partial charge in [0.1, 0.15) is 0 Å². The van der Waals surface area contributed by atoms with Crippen LogP contribution >= 0.6 is 0 Å². The average Bonchev–Trinajstić information content (AvgIpc) is 2.60. The van der Waals surface area contributed by atoms with Crippen LogP contribution < -0.4 is 4.74 Å². The van der Waals surface area contributed by atoms with Crippen LogP contribution in [0.5, 0.6) is 5.75 Å². The van der Waals surface area contributed by atoms with E-state index in [1.165, 1.54) is 18.7 Å². The Hall–Kier alpha value is -2.40. The Morgan fingerprint density at radius 2 is 1.84 bits per heavy atom. The monoisotopic (exact) mass is 343 g/mol. The van der Waals surface area contributed by atoms with Gasteiger partial charge in [0.2, 0.25) is 0 Å². The highest BCUT2D eigenvalue weighted by Gasteiger charge is 2.31. The topological polar surface area (TPSA) is 38.8 Å². The molecule has 1 heterocycles. The molecule has 5 heteroatoms. The third-order valence-electron chi connectivity index (χ3n) is 4.45. The maximum absolute atomic E-state index is 13.6. The zero-order chi connectivity index (χ0) is 17.8. The Morgan fingerprint density at radius 1 is 1.16 bits per heavy atom. The molecule has 1 amide bonds. The van der Waals surface area contributed by atoms with Gasteiger partial charge in [0.25, 0.3) is 5.91 Å². The Balaban J connectivity index is 1.47. The number of carbonyl (C=O) groups excluding carboxylic acids is 1. The second-order valence-electron chi connectivity index (χ2n) is 6.16. The molecule has 0 radical (unpaired) electrons. The summed E-state index contributed by atoms with van der Waals surface area (Å²) in [6.07, 6.45) is 0.948. The molecule has 3 rings (SSSR count). The fraction of sp³-hybridized carbons (Fsp3) is 0.350. The number of halogens is 1.